The largest absolute Gasteiger partial charge is 0.316 e. The van der Waals surface area contributed by atoms with Gasteiger partial charge in [0.15, 0.2) is 0 Å². The Labute approximate surface area is 124 Å². The summed E-state index contributed by atoms with van der Waals surface area (Å²) in [5.41, 5.74) is 0.628. The van der Waals surface area contributed by atoms with Crippen LogP contribution in [-0.4, -0.2) is 61.2 Å². The normalized spacial score (nSPS) is 43.8. The van der Waals surface area contributed by atoms with Crippen LogP contribution >= 0.6 is 0 Å². The van der Waals surface area contributed by atoms with E-state index in [4.69, 9.17) is 0 Å². The quantitative estimate of drug-likeness (QED) is 0.792. The molecule has 1 spiro atoms. The molecule has 0 aromatic carbocycles. The second-order valence-electron chi connectivity index (χ2n) is 7.86. The van der Waals surface area contributed by atoms with Gasteiger partial charge in [-0.1, -0.05) is 0 Å². The summed E-state index contributed by atoms with van der Waals surface area (Å²) in [7, 11) is 0. The molecule has 20 heavy (non-hydrogen) atoms. The van der Waals surface area contributed by atoms with Crippen molar-refractivity contribution in [2.45, 2.75) is 63.5 Å². The molecule has 0 saturated carbocycles. The Morgan fingerprint density at radius 1 is 0.850 bits per heavy atom. The summed E-state index contributed by atoms with van der Waals surface area (Å²) in [6.07, 6.45) is 11.6. The first-order chi connectivity index (χ1) is 9.85. The van der Waals surface area contributed by atoms with Crippen LogP contribution in [0.1, 0.15) is 51.4 Å². The zero-order valence-corrected chi connectivity index (χ0v) is 12.9. The molecule has 4 rings (SSSR count). The van der Waals surface area contributed by atoms with Gasteiger partial charge in [-0.15, -0.1) is 0 Å². The van der Waals surface area contributed by atoms with Crippen molar-refractivity contribution in [3.8, 4) is 0 Å². The van der Waals surface area contributed by atoms with Crippen molar-refractivity contribution in [1.29, 1.82) is 0 Å². The highest BCUT2D eigenvalue weighted by molar-refractivity contribution is 4.96. The van der Waals surface area contributed by atoms with Gasteiger partial charge in [-0.3, -0.25) is 4.90 Å². The molecule has 0 radical (unpaired) electrons. The third-order valence-corrected chi connectivity index (χ3v) is 6.56. The molecule has 3 atom stereocenters. The monoisotopic (exact) mass is 277 g/mol. The summed E-state index contributed by atoms with van der Waals surface area (Å²) in [6.45, 7) is 8.05. The van der Waals surface area contributed by atoms with Crippen molar-refractivity contribution >= 4 is 0 Å². The summed E-state index contributed by atoms with van der Waals surface area (Å²) in [5, 5.41) is 3.67. The van der Waals surface area contributed by atoms with Gasteiger partial charge in [0.05, 0.1) is 0 Å². The van der Waals surface area contributed by atoms with Crippen molar-refractivity contribution in [1.82, 2.24) is 15.1 Å². The van der Waals surface area contributed by atoms with E-state index in [1.54, 1.807) is 0 Å². The van der Waals surface area contributed by atoms with E-state index in [0.717, 1.165) is 12.1 Å². The Morgan fingerprint density at radius 2 is 1.70 bits per heavy atom. The zero-order valence-electron chi connectivity index (χ0n) is 12.9. The second kappa shape index (κ2) is 5.58. The van der Waals surface area contributed by atoms with Crippen LogP contribution in [0, 0.1) is 5.41 Å². The summed E-state index contributed by atoms with van der Waals surface area (Å²) in [5.74, 6) is 0. The zero-order chi connectivity index (χ0) is 13.4. The van der Waals surface area contributed by atoms with Crippen LogP contribution in [0.4, 0.5) is 0 Å². The molecule has 0 aromatic rings. The molecule has 3 heteroatoms. The van der Waals surface area contributed by atoms with Gasteiger partial charge in [0.2, 0.25) is 0 Å². The van der Waals surface area contributed by atoms with Gasteiger partial charge in [0.25, 0.3) is 0 Å². The first-order valence-corrected chi connectivity index (χ1v) is 9.04. The molecule has 114 valence electrons. The van der Waals surface area contributed by atoms with E-state index >= 15 is 0 Å². The maximum Gasteiger partial charge on any atom is 0.0123 e. The molecule has 0 amide bonds. The highest BCUT2D eigenvalue weighted by atomic mass is 15.2. The van der Waals surface area contributed by atoms with Crippen LogP contribution < -0.4 is 5.32 Å². The average molecular weight is 277 g/mol. The van der Waals surface area contributed by atoms with Crippen molar-refractivity contribution in [3.63, 3.8) is 0 Å². The summed E-state index contributed by atoms with van der Waals surface area (Å²) < 4.78 is 0. The molecular weight excluding hydrogens is 246 g/mol. The highest BCUT2D eigenvalue weighted by Gasteiger charge is 2.41. The smallest absolute Gasteiger partial charge is 0.0123 e. The predicted molar refractivity (Wildman–Crippen MR) is 83.0 cm³/mol. The fourth-order valence-corrected chi connectivity index (χ4v) is 5.47. The molecule has 4 fully saturated rings. The lowest BCUT2D eigenvalue weighted by atomic mass is 9.73. The third-order valence-electron chi connectivity index (χ3n) is 6.56. The van der Waals surface area contributed by atoms with Crippen LogP contribution in [0.3, 0.4) is 0 Å². The summed E-state index contributed by atoms with van der Waals surface area (Å²) in [6, 6.07) is 1.82. The molecule has 4 saturated heterocycles. The minimum atomic E-state index is 0.628. The average Bonchev–Trinajstić information content (AvgIpc) is 2.95. The fourth-order valence-electron chi connectivity index (χ4n) is 5.47. The van der Waals surface area contributed by atoms with Gasteiger partial charge in [-0.2, -0.15) is 0 Å². The highest BCUT2D eigenvalue weighted by Crippen LogP contribution is 2.39. The van der Waals surface area contributed by atoms with E-state index in [1.165, 1.54) is 90.6 Å². The Morgan fingerprint density at radius 3 is 2.60 bits per heavy atom. The summed E-state index contributed by atoms with van der Waals surface area (Å²) in [4.78, 5) is 5.66. The van der Waals surface area contributed by atoms with Gasteiger partial charge in [-0.25, -0.2) is 0 Å². The first-order valence-electron chi connectivity index (χ1n) is 9.04. The number of piperidine rings is 3. The molecule has 1 N–H and O–H groups in total. The number of rotatable bonds is 1. The number of hydrogen-bond donors (Lipinski definition) is 1. The maximum atomic E-state index is 3.67. The number of likely N-dealkylation sites (tertiary alicyclic amines) is 1. The lowest BCUT2D eigenvalue weighted by Crippen LogP contribution is -2.56. The van der Waals surface area contributed by atoms with Gasteiger partial charge in [0, 0.05) is 25.2 Å². The fraction of sp³-hybridized carbons (Fsp3) is 1.00. The van der Waals surface area contributed by atoms with Crippen molar-refractivity contribution < 1.29 is 0 Å². The third kappa shape index (κ3) is 2.53. The standard InChI is InChI=1S/C17H31N3/c1-4-15-12-16(5-11-19(15)9-1)20-10-3-7-17(14-20)6-2-8-18-13-17/h15-16,18H,1-14H2. The maximum absolute atomic E-state index is 3.67. The number of fused-ring (bicyclic) bond motifs is 1. The van der Waals surface area contributed by atoms with Gasteiger partial charge in [0.1, 0.15) is 0 Å². The molecule has 3 nitrogen and oxygen atoms in total. The molecule has 4 heterocycles. The van der Waals surface area contributed by atoms with E-state index in [1.807, 2.05) is 0 Å². The van der Waals surface area contributed by atoms with Crippen molar-refractivity contribution in [3.05, 3.63) is 0 Å². The van der Waals surface area contributed by atoms with Crippen LogP contribution in [0.2, 0.25) is 0 Å². The molecule has 0 aliphatic carbocycles. The van der Waals surface area contributed by atoms with Crippen LogP contribution in [0.25, 0.3) is 0 Å². The number of hydrogen-bond acceptors (Lipinski definition) is 3. The Hall–Kier alpha value is -0.120. The molecular formula is C17H31N3. The molecule has 4 aliphatic rings. The van der Waals surface area contributed by atoms with Gasteiger partial charge in [-0.05, 0) is 83.0 Å². The Kier molecular flexibility index (Phi) is 3.78. The van der Waals surface area contributed by atoms with E-state index in [0.29, 0.717) is 5.41 Å². The van der Waals surface area contributed by atoms with Gasteiger partial charge < -0.3 is 10.2 Å². The van der Waals surface area contributed by atoms with E-state index in [9.17, 15) is 0 Å². The number of nitrogens with zero attached hydrogens (tertiary/aromatic N) is 2. The van der Waals surface area contributed by atoms with Gasteiger partial charge >= 0.3 is 0 Å². The van der Waals surface area contributed by atoms with E-state index in [-0.39, 0.29) is 0 Å². The Balaban J connectivity index is 1.40. The van der Waals surface area contributed by atoms with Crippen LogP contribution in [0.5, 0.6) is 0 Å². The van der Waals surface area contributed by atoms with Crippen molar-refractivity contribution in [2.75, 3.05) is 39.3 Å². The lowest BCUT2D eigenvalue weighted by molar-refractivity contribution is 0.00857. The first kappa shape index (κ1) is 13.5. The van der Waals surface area contributed by atoms with Crippen molar-refractivity contribution in [2.24, 2.45) is 5.41 Å². The van der Waals surface area contributed by atoms with Crippen LogP contribution in [0.15, 0.2) is 0 Å². The van der Waals surface area contributed by atoms with E-state index in [2.05, 4.69) is 15.1 Å². The predicted octanol–water partition coefficient (Wildman–Crippen LogP) is 2.08. The number of nitrogens with one attached hydrogen (secondary N) is 1. The molecule has 0 bridgehead atoms. The molecule has 4 aliphatic heterocycles. The van der Waals surface area contributed by atoms with E-state index < -0.39 is 0 Å². The summed E-state index contributed by atoms with van der Waals surface area (Å²) >= 11 is 0. The molecule has 0 aromatic heterocycles. The topological polar surface area (TPSA) is 18.5 Å². The van der Waals surface area contributed by atoms with Crippen LogP contribution in [-0.2, 0) is 0 Å². The molecule has 3 unspecified atom stereocenters. The Bertz CT molecular complexity index is 332. The minimum Gasteiger partial charge on any atom is -0.316 e. The minimum absolute atomic E-state index is 0.628. The second-order valence-corrected chi connectivity index (χ2v) is 7.86. The SMILES string of the molecule is C1CC2CC(N3CCCC4(CCCNC4)C3)CCN2C1. The lowest BCUT2D eigenvalue weighted by Gasteiger charge is -2.50.